The van der Waals surface area contributed by atoms with Crippen LogP contribution in [0.5, 0.6) is 0 Å². The Bertz CT molecular complexity index is 805. The first-order valence-corrected chi connectivity index (χ1v) is 8.32. The van der Waals surface area contributed by atoms with Crippen molar-refractivity contribution in [2.24, 2.45) is 13.0 Å². The molecule has 26 heavy (non-hydrogen) atoms. The van der Waals surface area contributed by atoms with E-state index in [1.807, 2.05) is 38.5 Å². The van der Waals surface area contributed by atoms with E-state index in [4.69, 9.17) is 0 Å². The van der Waals surface area contributed by atoms with Crippen molar-refractivity contribution in [1.29, 1.82) is 0 Å². The number of benzene rings is 1. The van der Waals surface area contributed by atoms with Crippen LogP contribution in [0.2, 0.25) is 0 Å². The smallest absolute Gasteiger partial charge is 0.229 e. The molecule has 0 saturated carbocycles. The second-order valence-corrected chi connectivity index (χ2v) is 6.54. The van der Waals surface area contributed by atoms with E-state index < -0.39 is 0 Å². The Morgan fingerprint density at radius 3 is 2.65 bits per heavy atom. The van der Waals surface area contributed by atoms with Gasteiger partial charge >= 0.3 is 0 Å². The third kappa shape index (κ3) is 4.42. The van der Waals surface area contributed by atoms with Gasteiger partial charge in [0.1, 0.15) is 0 Å². The third-order valence-electron chi connectivity index (χ3n) is 4.45. The minimum absolute atomic E-state index is 0. The van der Waals surface area contributed by atoms with Crippen molar-refractivity contribution < 1.29 is 9.59 Å². The molecule has 2 aromatic rings. The lowest BCUT2D eigenvalue weighted by Gasteiger charge is -2.19. The molecular weight excluding hydrogens is 354 g/mol. The Morgan fingerprint density at radius 2 is 2.00 bits per heavy atom. The first-order valence-electron chi connectivity index (χ1n) is 8.32. The average molecular weight is 378 g/mol. The van der Waals surface area contributed by atoms with Gasteiger partial charge in [0.15, 0.2) is 0 Å². The number of carbonyl (C=O) groups is 2. The highest BCUT2D eigenvalue weighted by Crippen LogP contribution is 2.30. The Morgan fingerprint density at radius 1 is 1.23 bits per heavy atom. The Labute approximate surface area is 159 Å². The summed E-state index contributed by atoms with van der Waals surface area (Å²) in [6.45, 7) is 4.76. The van der Waals surface area contributed by atoms with E-state index in [0.717, 1.165) is 17.7 Å². The van der Waals surface area contributed by atoms with E-state index in [-0.39, 0.29) is 36.1 Å². The Hall–Kier alpha value is -2.38. The molecule has 0 aliphatic carbocycles. The van der Waals surface area contributed by atoms with Crippen LogP contribution in [0.1, 0.15) is 24.0 Å². The zero-order valence-corrected chi connectivity index (χ0v) is 15.9. The minimum Gasteiger partial charge on any atom is -0.325 e. The summed E-state index contributed by atoms with van der Waals surface area (Å²) in [7, 11) is 1.87. The molecule has 3 rings (SSSR count). The van der Waals surface area contributed by atoms with E-state index in [1.54, 1.807) is 10.7 Å². The van der Waals surface area contributed by atoms with Gasteiger partial charge in [0.2, 0.25) is 11.8 Å². The molecule has 1 aliphatic rings. The van der Waals surface area contributed by atoms with Crippen molar-refractivity contribution in [2.75, 3.05) is 23.7 Å². The summed E-state index contributed by atoms with van der Waals surface area (Å²) in [6.07, 6.45) is 3.76. The average Bonchev–Trinajstić information content (AvgIpc) is 3.18. The summed E-state index contributed by atoms with van der Waals surface area (Å²) in [6, 6.07) is 5.57. The number of rotatable bonds is 4. The molecule has 2 atom stereocenters. The molecule has 2 amide bonds. The lowest BCUT2D eigenvalue weighted by atomic mass is 9.90. The van der Waals surface area contributed by atoms with E-state index in [1.165, 1.54) is 6.92 Å². The Balaban J connectivity index is 0.00000243. The van der Waals surface area contributed by atoms with Gasteiger partial charge in [0.05, 0.1) is 23.5 Å². The number of halogens is 1. The van der Waals surface area contributed by atoms with Gasteiger partial charge in [-0.15, -0.1) is 12.4 Å². The molecule has 7 nitrogen and oxygen atoms in total. The van der Waals surface area contributed by atoms with Crippen LogP contribution in [0.3, 0.4) is 0 Å². The molecule has 1 aromatic heterocycles. The summed E-state index contributed by atoms with van der Waals surface area (Å²) in [4.78, 5) is 24.3. The van der Waals surface area contributed by atoms with Gasteiger partial charge in [-0.1, -0.05) is 6.07 Å². The maximum absolute atomic E-state index is 12.9. The van der Waals surface area contributed by atoms with Crippen LogP contribution in [0.25, 0.3) is 0 Å². The molecule has 1 fully saturated rings. The number of nitrogens with one attached hydrogen (secondary N) is 3. The molecule has 140 valence electrons. The van der Waals surface area contributed by atoms with Crippen molar-refractivity contribution in [3.63, 3.8) is 0 Å². The van der Waals surface area contributed by atoms with E-state index in [2.05, 4.69) is 21.0 Å². The predicted octanol–water partition coefficient (Wildman–Crippen LogP) is 2.05. The van der Waals surface area contributed by atoms with Crippen LogP contribution in [-0.2, 0) is 16.6 Å². The maximum atomic E-state index is 12.9. The molecule has 2 heterocycles. The standard InChI is InChI=1S/C18H23N5O2.ClH/c1-11-4-5-16(21-12(2)24)17(6-11)22-18(25)15-9-19-8-14(15)13-7-20-23(3)10-13;/h4-7,10,14-15,19H,8-9H2,1-3H3,(H,21,24)(H,22,25);1H/t14-,15+;/m1./s1. The fraction of sp³-hybridized carbons (Fsp3) is 0.389. The highest BCUT2D eigenvalue weighted by Gasteiger charge is 2.35. The lowest BCUT2D eigenvalue weighted by molar-refractivity contribution is -0.119. The van der Waals surface area contributed by atoms with Gasteiger partial charge in [0.25, 0.3) is 0 Å². The first kappa shape index (κ1) is 19.9. The lowest BCUT2D eigenvalue weighted by Crippen LogP contribution is -2.28. The molecule has 0 bridgehead atoms. The predicted molar refractivity (Wildman–Crippen MR) is 104 cm³/mol. The molecule has 0 spiro atoms. The van der Waals surface area contributed by atoms with Gasteiger partial charge < -0.3 is 16.0 Å². The molecular formula is C18H24ClN5O2. The highest BCUT2D eigenvalue weighted by molar-refractivity contribution is 6.00. The summed E-state index contributed by atoms with van der Waals surface area (Å²) >= 11 is 0. The number of aromatic nitrogens is 2. The van der Waals surface area contributed by atoms with Crippen molar-refractivity contribution in [2.45, 2.75) is 19.8 Å². The Kier molecular flexibility index (Phi) is 6.39. The molecule has 1 aliphatic heterocycles. The van der Waals surface area contributed by atoms with E-state index in [0.29, 0.717) is 17.9 Å². The van der Waals surface area contributed by atoms with Crippen molar-refractivity contribution in [3.8, 4) is 0 Å². The number of hydrogen-bond acceptors (Lipinski definition) is 4. The van der Waals surface area contributed by atoms with Gasteiger partial charge in [-0.05, 0) is 30.2 Å². The van der Waals surface area contributed by atoms with Crippen LogP contribution in [-0.4, -0.2) is 34.7 Å². The largest absolute Gasteiger partial charge is 0.325 e. The van der Waals surface area contributed by atoms with E-state index >= 15 is 0 Å². The van der Waals surface area contributed by atoms with E-state index in [9.17, 15) is 9.59 Å². The molecule has 1 saturated heterocycles. The molecule has 1 aromatic carbocycles. The second-order valence-electron chi connectivity index (χ2n) is 6.54. The zero-order chi connectivity index (χ0) is 18.0. The zero-order valence-electron chi connectivity index (χ0n) is 15.1. The fourth-order valence-electron chi connectivity index (χ4n) is 3.22. The third-order valence-corrected chi connectivity index (χ3v) is 4.45. The maximum Gasteiger partial charge on any atom is 0.229 e. The van der Waals surface area contributed by atoms with Crippen LogP contribution >= 0.6 is 12.4 Å². The quantitative estimate of drug-likeness (QED) is 0.760. The first-order chi connectivity index (χ1) is 11.9. The summed E-state index contributed by atoms with van der Waals surface area (Å²) in [5.41, 5.74) is 3.30. The summed E-state index contributed by atoms with van der Waals surface area (Å²) < 4.78 is 1.75. The fourth-order valence-corrected chi connectivity index (χ4v) is 3.22. The minimum atomic E-state index is -0.185. The monoisotopic (exact) mass is 377 g/mol. The number of aryl methyl sites for hydroxylation is 2. The van der Waals surface area contributed by atoms with Gasteiger partial charge in [-0.25, -0.2) is 0 Å². The topological polar surface area (TPSA) is 88.1 Å². The number of hydrogen-bond donors (Lipinski definition) is 3. The highest BCUT2D eigenvalue weighted by atomic mass is 35.5. The van der Waals surface area contributed by atoms with Crippen molar-refractivity contribution in [1.82, 2.24) is 15.1 Å². The molecule has 3 N–H and O–H groups in total. The number of amides is 2. The number of anilines is 2. The van der Waals surface area contributed by atoms with Crippen LogP contribution < -0.4 is 16.0 Å². The van der Waals surface area contributed by atoms with Crippen molar-refractivity contribution >= 4 is 35.6 Å². The molecule has 0 unspecified atom stereocenters. The van der Waals surface area contributed by atoms with Crippen LogP contribution in [0.4, 0.5) is 11.4 Å². The van der Waals surface area contributed by atoms with Crippen molar-refractivity contribution in [3.05, 3.63) is 41.7 Å². The molecule has 0 radical (unpaired) electrons. The second kappa shape index (κ2) is 8.33. The summed E-state index contributed by atoms with van der Waals surface area (Å²) in [5.74, 6) is -0.330. The van der Waals surface area contributed by atoms with Gasteiger partial charge in [0, 0.05) is 39.2 Å². The van der Waals surface area contributed by atoms with Gasteiger partial charge in [-0.2, -0.15) is 5.10 Å². The number of carbonyl (C=O) groups excluding carboxylic acids is 2. The van der Waals surface area contributed by atoms with Gasteiger partial charge in [-0.3, -0.25) is 14.3 Å². The van der Waals surface area contributed by atoms with Crippen LogP contribution in [0, 0.1) is 12.8 Å². The summed E-state index contributed by atoms with van der Waals surface area (Å²) in [5, 5.41) is 13.2. The normalized spacial score (nSPS) is 18.9. The molecule has 8 heteroatoms. The van der Waals surface area contributed by atoms with Crippen LogP contribution in [0.15, 0.2) is 30.6 Å². The SMILES string of the molecule is CC(=O)Nc1ccc(C)cc1NC(=O)[C@H]1CNC[C@@H]1c1cnn(C)c1.Cl. The number of nitrogens with zero attached hydrogens (tertiary/aromatic N) is 2.